The Bertz CT molecular complexity index is 811. The lowest BCUT2D eigenvalue weighted by atomic mass is 10.1. The maximum Gasteiger partial charge on any atom is 0.318 e. The van der Waals surface area contributed by atoms with Crippen molar-refractivity contribution in [3.63, 3.8) is 0 Å². The predicted molar refractivity (Wildman–Crippen MR) is 118 cm³/mol. The molecule has 0 aromatic heterocycles. The zero-order valence-corrected chi connectivity index (χ0v) is 19.3. The summed E-state index contributed by atoms with van der Waals surface area (Å²) < 4.78 is 0. The minimum Gasteiger partial charge on any atom is -0.480 e. The van der Waals surface area contributed by atoms with Crippen molar-refractivity contribution in [2.75, 3.05) is 12.4 Å². The second kappa shape index (κ2) is 13.1. The van der Waals surface area contributed by atoms with Gasteiger partial charge in [-0.05, 0) is 13.8 Å². The van der Waals surface area contributed by atoms with Gasteiger partial charge in [-0.25, -0.2) is 0 Å². The Kier molecular flexibility index (Phi) is 11.2. The highest BCUT2D eigenvalue weighted by Crippen LogP contribution is 2.19. The molecule has 0 saturated carbocycles. The maximum absolute atomic E-state index is 12.8. The number of rotatable bonds is 5. The SMILES string of the molecule is CC1NC(=O)C(CO)NC(=O)[C@@H](N)CSC(C(=O)O)[C@@H]([C@H](C)O)NC(=O)C(CC(N)=O)NC1=O. The van der Waals surface area contributed by atoms with Crippen LogP contribution >= 0.6 is 11.8 Å². The molecule has 15 nitrogen and oxygen atoms in total. The number of amides is 5. The molecule has 1 aliphatic heterocycles. The third kappa shape index (κ3) is 8.44. The number of nitrogens with one attached hydrogen (secondary N) is 4. The first-order chi connectivity index (χ1) is 15.8. The van der Waals surface area contributed by atoms with Crippen molar-refractivity contribution in [3.05, 3.63) is 0 Å². The summed E-state index contributed by atoms with van der Waals surface area (Å²) in [4.78, 5) is 73.3. The van der Waals surface area contributed by atoms with E-state index in [0.29, 0.717) is 11.8 Å². The van der Waals surface area contributed by atoms with Crippen molar-refractivity contribution >= 4 is 47.3 Å². The monoisotopic (exact) mass is 506 g/mol. The number of carbonyl (C=O) groups excluding carboxylic acids is 5. The van der Waals surface area contributed by atoms with E-state index >= 15 is 0 Å². The van der Waals surface area contributed by atoms with Gasteiger partial charge in [-0.2, -0.15) is 0 Å². The van der Waals surface area contributed by atoms with Crippen LogP contribution in [0.4, 0.5) is 0 Å². The zero-order valence-electron chi connectivity index (χ0n) is 18.5. The molecule has 0 aliphatic carbocycles. The number of hydrogen-bond donors (Lipinski definition) is 9. The van der Waals surface area contributed by atoms with Gasteiger partial charge < -0.3 is 48.1 Å². The van der Waals surface area contributed by atoms with Crippen LogP contribution in [0.3, 0.4) is 0 Å². The molecule has 0 spiro atoms. The molecule has 1 aliphatic rings. The van der Waals surface area contributed by atoms with E-state index < -0.39 is 90.1 Å². The van der Waals surface area contributed by atoms with Gasteiger partial charge in [0.25, 0.3) is 0 Å². The molecule has 34 heavy (non-hydrogen) atoms. The van der Waals surface area contributed by atoms with Gasteiger partial charge in [-0.1, -0.05) is 0 Å². The van der Waals surface area contributed by atoms with Gasteiger partial charge in [0.05, 0.1) is 31.2 Å². The lowest BCUT2D eigenvalue weighted by Crippen LogP contribution is -2.61. The fourth-order valence-corrected chi connectivity index (χ4v) is 4.10. The molecule has 192 valence electrons. The van der Waals surface area contributed by atoms with Gasteiger partial charge >= 0.3 is 5.97 Å². The highest BCUT2D eigenvalue weighted by Gasteiger charge is 2.37. The van der Waals surface area contributed by atoms with Gasteiger partial charge in [0.15, 0.2) is 0 Å². The molecular weight excluding hydrogens is 476 g/mol. The molecule has 0 radical (unpaired) electrons. The molecule has 1 rings (SSSR count). The number of nitrogens with two attached hydrogens (primary N) is 2. The molecular formula is C18H30N6O9S. The van der Waals surface area contributed by atoms with E-state index in [1.807, 2.05) is 0 Å². The normalized spacial score (nSPS) is 30.9. The molecule has 16 heteroatoms. The Hall–Kier alpha value is -2.95. The van der Waals surface area contributed by atoms with Crippen molar-refractivity contribution in [3.8, 4) is 0 Å². The van der Waals surface area contributed by atoms with Crippen LogP contribution in [0.25, 0.3) is 0 Å². The van der Waals surface area contributed by atoms with Crippen LogP contribution < -0.4 is 32.7 Å². The van der Waals surface area contributed by atoms with E-state index in [-0.39, 0.29) is 5.75 Å². The Labute approximate surface area is 198 Å². The van der Waals surface area contributed by atoms with Crippen molar-refractivity contribution in [2.45, 2.75) is 61.8 Å². The average Bonchev–Trinajstić information content (AvgIpc) is 2.74. The van der Waals surface area contributed by atoms with E-state index in [2.05, 4.69) is 21.3 Å². The van der Waals surface area contributed by atoms with Crippen LogP contribution in [0.15, 0.2) is 0 Å². The molecule has 0 aromatic carbocycles. The lowest BCUT2D eigenvalue weighted by Gasteiger charge is -2.30. The van der Waals surface area contributed by atoms with E-state index in [0.717, 1.165) is 0 Å². The Morgan fingerprint density at radius 2 is 1.59 bits per heavy atom. The molecule has 1 saturated heterocycles. The Balaban J connectivity index is 3.37. The van der Waals surface area contributed by atoms with E-state index in [1.165, 1.54) is 13.8 Å². The van der Waals surface area contributed by atoms with E-state index in [1.54, 1.807) is 0 Å². The number of carbonyl (C=O) groups is 6. The Morgan fingerprint density at radius 1 is 1.03 bits per heavy atom. The highest BCUT2D eigenvalue weighted by molar-refractivity contribution is 8.00. The van der Waals surface area contributed by atoms with Gasteiger partial charge in [0.1, 0.15) is 23.4 Å². The molecule has 7 atom stereocenters. The van der Waals surface area contributed by atoms with Crippen LogP contribution in [-0.2, 0) is 28.8 Å². The van der Waals surface area contributed by atoms with Crippen molar-refractivity contribution < 1.29 is 44.1 Å². The predicted octanol–water partition coefficient (Wildman–Crippen LogP) is -5.28. The topological polar surface area (TPSA) is 263 Å². The summed E-state index contributed by atoms with van der Waals surface area (Å²) in [5, 5.41) is 36.7. The first-order valence-corrected chi connectivity index (χ1v) is 11.2. The minimum atomic E-state index is -1.55. The number of aliphatic carboxylic acids is 1. The molecule has 1 fully saturated rings. The fourth-order valence-electron chi connectivity index (χ4n) is 2.89. The highest BCUT2D eigenvalue weighted by atomic mass is 32.2. The van der Waals surface area contributed by atoms with Crippen molar-refractivity contribution in [1.82, 2.24) is 21.3 Å². The summed E-state index contributed by atoms with van der Waals surface area (Å²) in [7, 11) is 0. The number of carboxylic acid groups (broad SMARTS) is 1. The number of aliphatic hydroxyl groups excluding tert-OH is 2. The van der Waals surface area contributed by atoms with Gasteiger partial charge in [0.2, 0.25) is 29.5 Å². The summed E-state index contributed by atoms with van der Waals surface area (Å²) in [5.74, 6) is -6.43. The van der Waals surface area contributed by atoms with Crippen LogP contribution in [0.2, 0.25) is 0 Å². The summed E-state index contributed by atoms with van der Waals surface area (Å²) in [6.07, 6.45) is -2.06. The third-order valence-corrected chi connectivity index (χ3v) is 6.20. The number of aliphatic hydroxyl groups is 2. The first-order valence-electron chi connectivity index (χ1n) is 10.2. The molecule has 1 heterocycles. The van der Waals surface area contributed by atoms with Crippen LogP contribution in [0, 0.1) is 0 Å². The summed E-state index contributed by atoms with van der Waals surface area (Å²) in [6.45, 7) is 1.63. The van der Waals surface area contributed by atoms with Gasteiger partial charge in [-0.15, -0.1) is 11.8 Å². The fraction of sp³-hybridized carbons (Fsp3) is 0.667. The zero-order chi connectivity index (χ0) is 26.2. The molecule has 0 bridgehead atoms. The van der Waals surface area contributed by atoms with Gasteiger partial charge in [-0.3, -0.25) is 28.8 Å². The third-order valence-electron chi connectivity index (χ3n) is 4.80. The van der Waals surface area contributed by atoms with Crippen molar-refractivity contribution in [2.24, 2.45) is 11.5 Å². The van der Waals surface area contributed by atoms with Crippen LogP contribution in [0.5, 0.6) is 0 Å². The van der Waals surface area contributed by atoms with Gasteiger partial charge in [0, 0.05) is 5.75 Å². The van der Waals surface area contributed by atoms with E-state index in [9.17, 15) is 44.1 Å². The molecule has 5 amide bonds. The lowest BCUT2D eigenvalue weighted by molar-refractivity contribution is -0.139. The summed E-state index contributed by atoms with van der Waals surface area (Å²) in [5.41, 5.74) is 10.9. The largest absolute Gasteiger partial charge is 0.480 e. The molecule has 0 aromatic rings. The molecule has 11 N–H and O–H groups in total. The first kappa shape index (κ1) is 29.1. The number of primary amides is 1. The second-order valence-corrected chi connectivity index (χ2v) is 8.85. The molecule has 4 unspecified atom stereocenters. The number of hydrogen-bond acceptors (Lipinski definition) is 10. The summed E-state index contributed by atoms with van der Waals surface area (Å²) in [6, 6.07) is -7.04. The maximum atomic E-state index is 12.8. The Morgan fingerprint density at radius 3 is 2.09 bits per heavy atom. The van der Waals surface area contributed by atoms with Crippen LogP contribution in [0.1, 0.15) is 20.3 Å². The summed E-state index contributed by atoms with van der Waals surface area (Å²) >= 11 is 0.639. The minimum absolute atomic E-state index is 0.292. The van der Waals surface area contributed by atoms with E-state index in [4.69, 9.17) is 11.5 Å². The van der Waals surface area contributed by atoms with Crippen LogP contribution in [-0.4, -0.2) is 105 Å². The quantitative estimate of drug-likeness (QED) is 0.170. The van der Waals surface area contributed by atoms with Crippen molar-refractivity contribution in [1.29, 1.82) is 0 Å². The number of thioether (sulfide) groups is 1. The second-order valence-electron chi connectivity index (χ2n) is 7.68. The number of carboxylic acids is 1. The smallest absolute Gasteiger partial charge is 0.318 e. The standard InChI is InChI=1S/C18H30N6O9S/c1-6-14(28)22-9(3-11(20)27)16(30)24-12(7(2)26)13(18(32)33)34-5-8(19)15(29)23-10(4-25)17(31)21-6/h6-10,12-13,25-26H,3-5,19H2,1-2H3,(H2,20,27)(H,21,31)(H,22,28)(H,23,29)(H,24,30)(H,32,33)/t6?,7-,8-,9?,10?,12+,13?/m0/s1. The average molecular weight is 507 g/mol.